The summed E-state index contributed by atoms with van der Waals surface area (Å²) in [6.45, 7) is 2.39. The molecule has 2 aliphatic heterocycles. The molecule has 0 bridgehead atoms. The van der Waals surface area contributed by atoms with Gasteiger partial charge in [-0.15, -0.1) is 0 Å². The van der Waals surface area contributed by atoms with Crippen LogP contribution in [0.4, 0.5) is 0 Å². The SMILES string of the molecule is C1NSCC12CN2. The van der Waals surface area contributed by atoms with E-state index in [1.54, 1.807) is 0 Å². The van der Waals surface area contributed by atoms with Crippen molar-refractivity contribution in [1.29, 1.82) is 0 Å². The summed E-state index contributed by atoms with van der Waals surface area (Å²) in [6, 6.07) is 0. The van der Waals surface area contributed by atoms with E-state index in [2.05, 4.69) is 10.0 Å². The molecule has 3 heteroatoms. The van der Waals surface area contributed by atoms with E-state index >= 15 is 0 Å². The Labute approximate surface area is 47.2 Å². The molecule has 1 unspecified atom stereocenters. The van der Waals surface area contributed by atoms with Gasteiger partial charge < -0.3 is 5.32 Å². The first-order chi connectivity index (χ1) is 3.41. The second-order valence-corrected chi connectivity index (χ2v) is 3.11. The average Bonchev–Trinajstić information content (AvgIpc) is 2.15. The number of rotatable bonds is 0. The summed E-state index contributed by atoms with van der Waals surface area (Å²) in [5.41, 5.74) is 0.546. The molecule has 40 valence electrons. The normalized spacial score (nSPS) is 48.0. The fourth-order valence-corrected chi connectivity index (χ4v) is 1.84. The standard InChI is InChI=1S/C4H8N2S/c1-4(5-1)2-6-7-3-4/h5-6H,1-3H2. The van der Waals surface area contributed by atoms with E-state index in [-0.39, 0.29) is 0 Å². The minimum Gasteiger partial charge on any atom is -0.306 e. The first kappa shape index (κ1) is 4.18. The zero-order valence-corrected chi connectivity index (χ0v) is 4.85. The third-order valence-electron chi connectivity index (χ3n) is 1.54. The van der Waals surface area contributed by atoms with Gasteiger partial charge in [0.2, 0.25) is 0 Å². The van der Waals surface area contributed by atoms with Crippen molar-refractivity contribution < 1.29 is 0 Å². The third kappa shape index (κ3) is 0.561. The predicted molar refractivity (Wildman–Crippen MR) is 31.2 cm³/mol. The lowest BCUT2D eigenvalue weighted by Gasteiger charge is -1.93. The molecule has 0 aromatic carbocycles. The Morgan fingerprint density at radius 2 is 2.29 bits per heavy atom. The van der Waals surface area contributed by atoms with Crippen LogP contribution in [0.15, 0.2) is 0 Å². The van der Waals surface area contributed by atoms with E-state index in [0.29, 0.717) is 5.54 Å². The highest BCUT2D eigenvalue weighted by molar-refractivity contribution is 7.97. The van der Waals surface area contributed by atoms with Gasteiger partial charge in [-0.2, -0.15) is 0 Å². The van der Waals surface area contributed by atoms with Gasteiger partial charge in [-0.3, -0.25) is 4.72 Å². The largest absolute Gasteiger partial charge is 0.306 e. The molecule has 0 aromatic rings. The first-order valence-corrected chi connectivity index (χ1v) is 3.50. The molecule has 1 spiro atoms. The fraction of sp³-hybridized carbons (Fsp3) is 1.00. The van der Waals surface area contributed by atoms with Gasteiger partial charge in [0, 0.05) is 18.8 Å². The van der Waals surface area contributed by atoms with E-state index in [9.17, 15) is 0 Å². The minimum atomic E-state index is 0.546. The molecule has 2 aliphatic rings. The number of hydrogen-bond acceptors (Lipinski definition) is 3. The van der Waals surface area contributed by atoms with E-state index in [0.717, 1.165) is 6.54 Å². The van der Waals surface area contributed by atoms with Crippen LogP contribution in [0.3, 0.4) is 0 Å². The van der Waals surface area contributed by atoms with Gasteiger partial charge in [0.15, 0.2) is 0 Å². The summed E-state index contributed by atoms with van der Waals surface area (Å²) in [7, 11) is 0. The lowest BCUT2D eigenvalue weighted by Crippen LogP contribution is -2.20. The quantitative estimate of drug-likeness (QED) is 0.333. The topological polar surface area (TPSA) is 34.0 Å². The van der Waals surface area contributed by atoms with E-state index in [1.165, 1.54) is 12.3 Å². The van der Waals surface area contributed by atoms with Crippen LogP contribution in [0, 0.1) is 0 Å². The lowest BCUT2D eigenvalue weighted by molar-refractivity contribution is 0.727. The highest BCUT2D eigenvalue weighted by atomic mass is 32.2. The van der Waals surface area contributed by atoms with Gasteiger partial charge in [0.05, 0.1) is 5.54 Å². The van der Waals surface area contributed by atoms with Crippen LogP contribution in [-0.2, 0) is 0 Å². The van der Waals surface area contributed by atoms with Gasteiger partial charge >= 0.3 is 0 Å². The van der Waals surface area contributed by atoms with Crippen LogP contribution in [0.25, 0.3) is 0 Å². The highest BCUT2D eigenvalue weighted by Gasteiger charge is 2.44. The number of hydrogen-bond donors (Lipinski definition) is 2. The summed E-state index contributed by atoms with van der Waals surface area (Å²) < 4.78 is 3.23. The molecular formula is C4H8N2S. The van der Waals surface area contributed by atoms with E-state index < -0.39 is 0 Å². The van der Waals surface area contributed by atoms with Gasteiger partial charge in [-0.1, -0.05) is 11.9 Å². The first-order valence-electron chi connectivity index (χ1n) is 2.51. The van der Waals surface area contributed by atoms with Crippen LogP contribution in [0.2, 0.25) is 0 Å². The molecule has 7 heavy (non-hydrogen) atoms. The molecule has 2 nitrogen and oxygen atoms in total. The fourth-order valence-electron chi connectivity index (χ4n) is 0.781. The average molecular weight is 116 g/mol. The van der Waals surface area contributed by atoms with Gasteiger partial charge in [0.1, 0.15) is 0 Å². The maximum Gasteiger partial charge on any atom is 0.0546 e. The monoisotopic (exact) mass is 116 g/mol. The van der Waals surface area contributed by atoms with Crippen molar-refractivity contribution in [2.75, 3.05) is 18.8 Å². The highest BCUT2D eigenvalue weighted by Crippen LogP contribution is 2.26. The van der Waals surface area contributed by atoms with Crippen LogP contribution in [-0.4, -0.2) is 24.4 Å². The van der Waals surface area contributed by atoms with Gasteiger partial charge in [0.25, 0.3) is 0 Å². The third-order valence-corrected chi connectivity index (χ3v) is 2.58. The molecule has 2 fully saturated rings. The molecule has 2 heterocycles. The molecule has 0 radical (unpaired) electrons. The van der Waals surface area contributed by atoms with Crippen molar-refractivity contribution in [3.63, 3.8) is 0 Å². The Morgan fingerprint density at radius 3 is 2.57 bits per heavy atom. The second-order valence-electron chi connectivity index (χ2n) is 2.24. The molecule has 1 atom stereocenters. The van der Waals surface area contributed by atoms with Crippen molar-refractivity contribution in [1.82, 2.24) is 10.0 Å². The molecule has 0 aliphatic carbocycles. The Kier molecular flexibility index (Phi) is 0.690. The minimum absolute atomic E-state index is 0.546. The van der Waals surface area contributed by atoms with Crippen LogP contribution in [0.5, 0.6) is 0 Å². The summed E-state index contributed by atoms with van der Waals surface area (Å²) in [5.74, 6) is 1.26. The van der Waals surface area contributed by atoms with Crippen molar-refractivity contribution in [2.24, 2.45) is 0 Å². The number of nitrogens with one attached hydrogen (secondary N) is 2. The summed E-state index contributed by atoms with van der Waals surface area (Å²) in [5, 5.41) is 3.33. The smallest absolute Gasteiger partial charge is 0.0546 e. The van der Waals surface area contributed by atoms with Gasteiger partial charge in [-0.05, 0) is 0 Å². The van der Waals surface area contributed by atoms with Crippen molar-refractivity contribution in [2.45, 2.75) is 5.54 Å². The predicted octanol–water partition coefficient (Wildman–Crippen LogP) is -0.420. The molecule has 2 saturated heterocycles. The van der Waals surface area contributed by atoms with Crippen LogP contribution < -0.4 is 10.0 Å². The molecule has 0 aromatic heterocycles. The Bertz CT molecular complexity index is 81.7. The van der Waals surface area contributed by atoms with Crippen molar-refractivity contribution in [3.8, 4) is 0 Å². The van der Waals surface area contributed by atoms with Gasteiger partial charge in [-0.25, -0.2) is 0 Å². The van der Waals surface area contributed by atoms with Crippen LogP contribution in [0.1, 0.15) is 0 Å². The zero-order valence-electron chi connectivity index (χ0n) is 4.03. The Hall–Kier alpha value is 0.270. The Morgan fingerprint density at radius 1 is 1.43 bits per heavy atom. The van der Waals surface area contributed by atoms with E-state index in [4.69, 9.17) is 0 Å². The van der Waals surface area contributed by atoms with Crippen molar-refractivity contribution >= 4 is 11.9 Å². The Balaban J connectivity index is 2.07. The van der Waals surface area contributed by atoms with Crippen molar-refractivity contribution in [3.05, 3.63) is 0 Å². The molecule has 2 N–H and O–H groups in total. The summed E-state index contributed by atoms with van der Waals surface area (Å²) in [6.07, 6.45) is 0. The molecule has 0 saturated carbocycles. The molecular weight excluding hydrogens is 108 g/mol. The zero-order chi connectivity index (χ0) is 4.74. The van der Waals surface area contributed by atoms with E-state index in [1.807, 2.05) is 11.9 Å². The molecule has 2 rings (SSSR count). The lowest BCUT2D eigenvalue weighted by atomic mass is 10.2. The maximum absolute atomic E-state index is 3.33. The molecule has 0 amide bonds. The maximum atomic E-state index is 3.33. The summed E-state index contributed by atoms with van der Waals surface area (Å²) in [4.78, 5) is 0. The summed E-state index contributed by atoms with van der Waals surface area (Å²) >= 11 is 1.83. The second kappa shape index (κ2) is 1.16. The van der Waals surface area contributed by atoms with Crippen LogP contribution >= 0.6 is 11.9 Å².